The Morgan fingerprint density at radius 2 is 2.10 bits per heavy atom. The molecule has 1 fully saturated rings. The number of ether oxygens (including phenoxy) is 1. The Hall–Kier alpha value is -1.81. The fourth-order valence-corrected chi connectivity index (χ4v) is 2.81. The molecule has 0 radical (unpaired) electrons. The number of aryl methyl sites for hydroxylation is 1. The molecule has 4 heteroatoms. The lowest BCUT2D eigenvalue weighted by Gasteiger charge is -2.04. The van der Waals surface area contributed by atoms with Crippen molar-refractivity contribution in [3.63, 3.8) is 0 Å². The zero-order valence-electron chi connectivity index (χ0n) is 12.1. The summed E-state index contributed by atoms with van der Waals surface area (Å²) < 4.78 is 5.19. The van der Waals surface area contributed by atoms with E-state index in [1.165, 1.54) is 6.42 Å². The molecule has 1 saturated heterocycles. The van der Waals surface area contributed by atoms with Crippen molar-refractivity contribution >= 4 is 0 Å². The van der Waals surface area contributed by atoms with Crippen molar-refractivity contribution in [1.82, 2.24) is 15.3 Å². The van der Waals surface area contributed by atoms with Crippen LogP contribution in [0.1, 0.15) is 17.9 Å². The first-order valence-corrected chi connectivity index (χ1v) is 7.17. The fourth-order valence-electron chi connectivity index (χ4n) is 2.81. The van der Waals surface area contributed by atoms with E-state index in [0.29, 0.717) is 5.92 Å². The minimum absolute atomic E-state index is 0.712. The third-order valence-corrected chi connectivity index (χ3v) is 3.94. The first-order valence-electron chi connectivity index (χ1n) is 7.17. The first-order chi connectivity index (χ1) is 9.76. The van der Waals surface area contributed by atoms with Crippen molar-refractivity contribution < 1.29 is 4.74 Å². The molecule has 3 rings (SSSR count). The summed E-state index contributed by atoms with van der Waals surface area (Å²) in [6.45, 7) is 4.33. The Morgan fingerprint density at radius 1 is 1.30 bits per heavy atom. The zero-order valence-corrected chi connectivity index (χ0v) is 12.1. The normalized spacial score (nSPS) is 18.4. The van der Waals surface area contributed by atoms with Crippen molar-refractivity contribution in [2.45, 2.75) is 19.8 Å². The van der Waals surface area contributed by atoms with Crippen molar-refractivity contribution in [1.29, 1.82) is 0 Å². The molecule has 1 aromatic heterocycles. The second-order valence-electron chi connectivity index (χ2n) is 5.45. The molecule has 106 valence electrons. The number of aromatic nitrogens is 2. The van der Waals surface area contributed by atoms with Gasteiger partial charge in [0.25, 0.3) is 0 Å². The number of nitrogens with zero attached hydrogens (tertiary/aromatic N) is 1. The van der Waals surface area contributed by atoms with Crippen LogP contribution < -0.4 is 10.1 Å². The lowest BCUT2D eigenvalue weighted by molar-refractivity contribution is 0.415. The molecule has 1 aliphatic rings. The van der Waals surface area contributed by atoms with Gasteiger partial charge in [-0.2, -0.15) is 0 Å². The van der Waals surface area contributed by atoms with Gasteiger partial charge in [-0.3, -0.25) is 0 Å². The number of imidazole rings is 1. The van der Waals surface area contributed by atoms with Gasteiger partial charge in [-0.15, -0.1) is 0 Å². The summed E-state index contributed by atoms with van der Waals surface area (Å²) in [6.07, 6.45) is 2.28. The molecular weight excluding hydrogens is 250 g/mol. The van der Waals surface area contributed by atoms with Crippen molar-refractivity contribution in [2.75, 3.05) is 20.2 Å². The maximum absolute atomic E-state index is 5.19. The predicted octanol–water partition coefficient (Wildman–Crippen LogP) is 2.55. The standard InChI is InChI=1S/C16H21N3O/c1-11-16(13-3-5-14(20-2)6-4-13)19-15(18-11)9-12-7-8-17-10-12/h3-6,12,17H,7-10H2,1-2H3,(H,18,19). The molecule has 2 aromatic rings. The minimum Gasteiger partial charge on any atom is -0.497 e. The summed E-state index contributed by atoms with van der Waals surface area (Å²) >= 11 is 0. The molecule has 1 atom stereocenters. The van der Waals surface area contributed by atoms with Gasteiger partial charge in [0, 0.05) is 17.7 Å². The summed E-state index contributed by atoms with van der Waals surface area (Å²) in [7, 11) is 1.68. The summed E-state index contributed by atoms with van der Waals surface area (Å²) in [5.41, 5.74) is 3.32. The van der Waals surface area contributed by atoms with Crippen LogP contribution >= 0.6 is 0 Å². The summed E-state index contributed by atoms with van der Waals surface area (Å²) in [5, 5.41) is 3.40. The molecule has 2 N–H and O–H groups in total. The molecule has 4 nitrogen and oxygen atoms in total. The second kappa shape index (κ2) is 5.67. The molecule has 20 heavy (non-hydrogen) atoms. The molecule has 2 heterocycles. The zero-order chi connectivity index (χ0) is 13.9. The number of aromatic amines is 1. The Labute approximate surface area is 119 Å². The maximum atomic E-state index is 5.19. The van der Waals surface area contributed by atoms with E-state index >= 15 is 0 Å². The Morgan fingerprint density at radius 3 is 2.75 bits per heavy atom. The van der Waals surface area contributed by atoms with Crippen LogP contribution in [0.15, 0.2) is 24.3 Å². The quantitative estimate of drug-likeness (QED) is 0.898. The molecular formula is C16H21N3O. The largest absolute Gasteiger partial charge is 0.497 e. The third-order valence-electron chi connectivity index (χ3n) is 3.94. The molecule has 1 aliphatic heterocycles. The summed E-state index contributed by atoms with van der Waals surface area (Å²) in [4.78, 5) is 8.20. The number of nitrogens with one attached hydrogen (secondary N) is 2. The highest BCUT2D eigenvalue weighted by Crippen LogP contribution is 2.25. The smallest absolute Gasteiger partial charge is 0.118 e. The Kier molecular flexibility index (Phi) is 3.74. The van der Waals surface area contributed by atoms with Crippen LogP contribution in [0.5, 0.6) is 5.75 Å². The lowest BCUT2D eigenvalue weighted by atomic mass is 10.1. The van der Waals surface area contributed by atoms with Gasteiger partial charge < -0.3 is 15.0 Å². The van der Waals surface area contributed by atoms with Crippen LogP contribution in [-0.2, 0) is 6.42 Å². The Balaban J connectivity index is 1.80. The molecule has 0 aliphatic carbocycles. The average Bonchev–Trinajstić information content (AvgIpc) is 3.09. The van der Waals surface area contributed by atoms with E-state index in [0.717, 1.165) is 48.0 Å². The van der Waals surface area contributed by atoms with E-state index in [-0.39, 0.29) is 0 Å². The molecule has 0 amide bonds. The number of benzene rings is 1. The first kappa shape index (κ1) is 13.2. The molecule has 1 unspecified atom stereocenters. The molecule has 0 bridgehead atoms. The van der Waals surface area contributed by atoms with Crippen molar-refractivity contribution in [3.8, 4) is 17.0 Å². The lowest BCUT2D eigenvalue weighted by Crippen LogP contribution is -2.11. The number of rotatable bonds is 4. The van der Waals surface area contributed by atoms with E-state index in [9.17, 15) is 0 Å². The van der Waals surface area contributed by atoms with Gasteiger partial charge in [0.15, 0.2) is 0 Å². The highest BCUT2D eigenvalue weighted by atomic mass is 16.5. The monoisotopic (exact) mass is 271 g/mol. The van der Waals surface area contributed by atoms with E-state index in [1.54, 1.807) is 7.11 Å². The van der Waals surface area contributed by atoms with Gasteiger partial charge in [0.1, 0.15) is 11.6 Å². The van der Waals surface area contributed by atoms with Gasteiger partial charge in [-0.1, -0.05) is 0 Å². The number of H-pyrrole nitrogens is 1. The van der Waals surface area contributed by atoms with Crippen LogP contribution in [0.2, 0.25) is 0 Å². The van der Waals surface area contributed by atoms with E-state index in [2.05, 4.69) is 29.4 Å². The number of hydrogen-bond acceptors (Lipinski definition) is 3. The van der Waals surface area contributed by atoms with Crippen LogP contribution in [0.4, 0.5) is 0 Å². The third kappa shape index (κ3) is 2.70. The Bertz CT molecular complexity index is 568. The van der Waals surface area contributed by atoms with Crippen molar-refractivity contribution in [3.05, 3.63) is 35.8 Å². The van der Waals surface area contributed by atoms with E-state index in [4.69, 9.17) is 9.72 Å². The summed E-state index contributed by atoms with van der Waals surface area (Å²) in [5.74, 6) is 2.69. The minimum atomic E-state index is 0.712. The SMILES string of the molecule is COc1ccc(-c2nc(CC3CCNC3)[nH]c2C)cc1. The van der Waals surface area contributed by atoms with Crippen LogP contribution in [0.25, 0.3) is 11.3 Å². The van der Waals surface area contributed by atoms with Crippen LogP contribution in [0, 0.1) is 12.8 Å². The fraction of sp³-hybridized carbons (Fsp3) is 0.438. The van der Waals surface area contributed by atoms with Gasteiger partial charge in [-0.25, -0.2) is 4.98 Å². The second-order valence-corrected chi connectivity index (χ2v) is 5.45. The van der Waals surface area contributed by atoms with Gasteiger partial charge in [0.2, 0.25) is 0 Å². The molecule has 0 spiro atoms. The predicted molar refractivity (Wildman–Crippen MR) is 80.0 cm³/mol. The number of hydrogen-bond donors (Lipinski definition) is 2. The maximum Gasteiger partial charge on any atom is 0.118 e. The summed E-state index contributed by atoms with van der Waals surface area (Å²) in [6, 6.07) is 8.07. The van der Waals surface area contributed by atoms with Crippen LogP contribution in [-0.4, -0.2) is 30.2 Å². The molecule has 1 aromatic carbocycles. The molecule has 0 saturated carbocycles. The van der Waals surface area contributed by atoms with E-state index < -0.39 is 0 Å². The topological polar surface area (TPSA) is 49.9 Å². The van der Waals surface area contributed by atoms with Crippen molar-refractivity contribution in [2.24, 2.45) is 5.92 Å². The van der Waals surface area contributed by atoms with Gasteiger partial charge >= 0.3 is 0 Å². The van der Waals surface area contributed by atoms with Gasteiger partial charge in [-0.05, 0) is 56.6 Å². The van der Waals surface area contributed by atoms with Gasteiger partial charge in [0.05, 0.1) is 12.8 Å². The highest BCUT2D eigenvalue weighted by Gasteiger charge is 2.17. The highest BCUT2D eigenvalue weighted by molar-refractivity contribution is 5.62. The average molecular weight is 271 g/mol. The number of methoxy groups -OCH3 is 1. The van der Waals surface area contributed by atoms with E-state index in [1.807, 2.05) is 12.1 Å². The van der Waals surface area contributed by atoms with Crippen LogP contribution in [0.3, 0.4) is 0 Å².